The van der Waals surface area contributed by atoms with Gasteiger partial charge in [0, 0.05) is 5.56 Å². The molecule has 0 aromatic heterocycles. The Morgan fingerprint density at radius 1 is 1.17 bits per heavy atom. The molecule has 18 heavy (non-hydrogen) atoms. The van der Waals surface area contributed by atoms with E-state index in [2.05, 4.69) is 10.6 Å². The van der Waals surface area contributed by atoms with E-state index in [-0.39, 0.29) is 18.9 Å². The highest BCUT2D eigenvalue weighted by Crippen LogP contribution is 2.15. The third-order valence-corrected chi connectivity index (χ3v) is 2.14. The summed E-state index contributed by atoms with van der Waals surface area (Å²) in [7, 11) is 0. The van der Waals surface area contributed by atoms with Gasteiger partial charge in [0.15, 0.2) is 5.78 Å². The first-order valence-corrected chi connectivity index (χ1v) is 5.33. The molecule has 1 amide bonds. The molecule has 0 saturated heterocycles. The lowest BCUT2D eigenvalue weighted by atomic mass is 10.1. The van der Waals surface area contributed by atoms with Crippen LogP contribution in [0.5, 0.6) is 0 Å². The highest BCUT2D eigenvalue weighted by atomic mass is 16.4. The van der Waals surface area contributed by atoms with Gasteiger partial charge in [-0.1, -0.05) is 12.1 Å². The Hall–Kier alpha value is -2.21. The van der Waals surface area contributed by atoms with Crippen LogP contribution >= 0.6 is 0 Å². The van der Waals surface area contributed by atoms with E-state index in [0.29, 0.717) is 11.3 Å². The molecule has 0 heterocycles. The van der Waals surface area contributed by atoms with Crippen LogP contribution in [0.2, 0.25) is 0 Å². The number of rotatable bonds is 6. The van der Waals surface area contributed by atoms with E-state index < -0.39 is 11.9 Å². The Kier molecular flexibility index (Phi) is 5.01. The Balaban J connectivity index is 2.59. The fourth-order valence-corrected chi connectivity index (χ4v) is 1.38. The highest BCUT2D eigenvalue weighted by Gasteiger charge is 2.09. The molecule has 1 aromatic carbocycles. The first-order valence-electron chi connectivity index (χ1n) is 5.33. The number of hydrogen-bond donors (Lipinski definition) is 3. The Bertz CT molecular complexity index is 471. The van der Waals surface area contributed by atoms with Gasteiger partial charge in [0.1, 0.15) is 0 Å². The third kappa shape index (κ3) is 4.34. The fourth-order valence-electron chi connectivity index (χ4n) is 1.38. The number of benzene rings is 1. The van der Waals surface area contributed by atoms with Gasteiger partial charge in [-0.05, 0) is 19.1 Å². The van der Waals surface area contributed by atoms with Crippen LogP contribution in [-0.4, -0.2) is 35.9 Å². The lowest BCUT2D eigenvalue weighted by Crippen LogP contribution is -2.32. The van der Waals surface area contributed by atoms with Gasteiger partial charge in [0.2, 0.25) is 5.91 Å². The molecule has 0 unspecified atom stereocenters. The summed E-state index contributed by atoms with van der Waals surface area (Å²) >= 11 is 0. The van der Waals surface area contributed by atoms with Crippen molar-refractivity contribution < 1.29 is 19.5 Å². The number of carboxylic acid groups (broad SMARTS) is 1. The number of aliphatic carboxylic acids is 1. The summed E-state index contributed by atoms with van der Waals surface area (Å²) in [6, 6.07) is 6.64. The van der Waals surface area contributed by atoms with Crippen LogP contribution in [0, 0.1) is 0 Å². The lowest BCUT2D eigenvalue weighted by Gasteiger charge is -2.08. The van der Waals surface area contributed by atoms with Crippen LogP contribution in [-0.2, 0) is 9.59 Å². The summed E-state index contributed by atoms with van der Waals surface area (Å²) in [6.07, 6.45) is 0. The standard InChI is InChI=1S/C12H14N2O4/c1-8(15)9-4-2-3-5-10(9)14-11(16)6-13-7-12(17)18/h2-5,13H,6-7H2,1H3,(H,14,16)(H,17,18). The molecule has 0 aliphatic carbocycles. The number of carboxylic acids is 1. The maximum Gasteiger partial charge on any atom is 0.317 e. The van der Waals surface area contributed by atoms with Crippen molar-refractivity contribution in [1.82, 2.24) is 5.32 Å². The van der Waals surface area contributed by atoms with Crippen molar-refractivity contribution in [2.45, 2.75) is 6.92 Å². The van der Waals surface area contributed by atoms with Gasteiger partial charge >= 0.3 is 5.97 Å². The van der Waals surface area contributed by atoms with Gasteiger partial charge in [0.25, 0.3) is 0 Å². The van der Waals surface area contributed by atoms with Crippen LogP contribution in [0.3, 0.4) is 0 Å². The molecule has 0 spiro atoms. The van der Waals surface area contributed by atoms with Gasteiger partial charge in [-0.25, -0.2) is 0 Å². The number of para-hydroxylation sites is 1. The smallest absolute Gasteiger partial charge is 0.317 e. The number of hydrogen-bond acceptors (Lipinski definition) is 4. The van der Waals surface area contributed by atoms with Gasteiger partial charge in [0.05, 0.1) is 18.8 Å². The summed E-state index contributed by atoms with van der Waals surface area (Å²) in [5.41, 5.74) is 0.844. The van der Waals surface area contributed by atoms with E-state index in [1.807, 2.05) is 0 Å². The Morgan fingerprint density at radius 3 is 2.44 bits per heavy atom. The SMILES string of the molecule is CC(=O)c1ccccc1NC(=O)CNCC(=O)O. The van der Waals surface area contributed by atoms with E-state index in [9.17, 15) is 14.4 Å². The first kappa shape index (κ1) is 13.9. The summed E-state index contributed by atoms with van der Waals surface area (Å²) in [4.78, 5) is 33.0. The predicted molar refractivity (Wildman–Crippen MR) is 65.6 cm³/mol. The number of ketones is 1. The molecule has 0 fully saturated rings. The zero-order valence-electron chi connectivity index (χ0n) is 9.90. The van der Waals surface area contributed by atoms with Gasteiger partial charge in [-0.15, -0.1) is 0 Å². The van der Waals surface area contributed by atoms with Gasteiger partial charge in [-0.3, -0.25) is 19.7 Å². The second-order valence-electron chi connectivity index (χ2n) is 3.65. The molecule has 96 valence electrons. The number of Topliss-reactive ketones (excluding diaryl/α,β-unsaturated/α-hetero) is 1. The monoisotopic (exact) mass is 250 g/mol. The summed E-state index contributed by atoms with van der Waals surface area (Å²) in [6.45, 7) is 0.994. The molecule has 3 N–H and O–H groups in total. The molecule has 6 nitrogen and oxygen atoms in total. The molecule has 6 heteroatoms. The zero-order valence-corrected chi connectivity index (χ0v) is 9.90. The van der Waals surface area contributed by atoms with Crippen LogP contribution in [0.25, 0.3) is 0 Å². The Labute approximate surface area is 104 Å². The minimum absolute atomic E-state index is 0.126. The van der Waals surface area contributed by atoms with Crippen molar-refractivity contribution in [1.29, 1.82) is 0 Å². The summed E-state index contributed by atoms with van der Waals surface area (Å²) in [5.74, 6) is -1.58. The van der Waals surface area contributed by atoms with E-state index in [0.717, 1.165) is 0 Å². The maximum absolute atomic E-state index is 11.5. The van der Waals surface area contributed by atoms with E-state index in [1.165, 1.54) is 6.92 Å². The number of amides is 1. The number of carbonyl (C=O) groups is 3. The molecule has 0 saturated carbocycles. The van der Waals surface area contributed by atoms with Crippen molar-refractivity contribution in [3.63, 3.8) is 0 Å². The number of nitrogens with one attached hydrogen (secondary N) is 2. The van der Waals surface area contributed by atoms with E-state index in [1.54, 1.807) is 24.3 Å². The average Bonchev–Trinajstić information content (AvgIpc) is 2.28. The topological polar surface area (TPSA) is 95.5 Å². The molecule has 1 rings (SSSR count). The molecule has 0 aliphatic rings. The summed E-state index contributed by atoms with van der Waals surface area (Å²) < 4.78 is 0. The summed E-state index contributed by atoms with van der Waals surface area (Å²) in [5, 5.41) is 13.4. The molecular formula is C12H14N2O4. The average molecular weight is 250 g/mol. The normalized spacial score (nSPS) is 9.83. The molecule has 0 radical (unpaired) electrons. The number of carbonyl (C=O) groups excluding carboxylic acids is 2. The highest BCUT2D eigenvalue weighted by molar-refractivity contribution is 6.04. The van der Waals surface area contributed by atoms with E-state index in [4.69, 9.17) is 5.11 Å². The van der Waals surface area contributed by atoms with Crippen LogP contribution in [0.1, 0.15) is 17.3 Å². The van der Waals surface area contributed by atoms with Crippen LogP contribution in [0.4, 0.5) is 5.69 Å². The van der Waals surface area contributed by atoms with Crippen molar-refractivity contribution in [2.24, 2.45) is 0 Å². The first-order chi connectivity index (χ1) is 8.50. The van der Waals surface area contributed by atoms with E-state index >= 15 is 0 Å². The molecular weight excluding hydrogens is 236 g/mol. The molecule has 0 bridgehead atoms. The number of anilines is 1. The van der Waals surface area contributed by atoms with Gasteiger partial charge < -0.3 is 10.4 Å². The minimum Gasteiger partial charge on any atom is -0.480 e. The molecule has 0 atom stereocenters. The quantitative estimate of drug-likeness (QED) is 0.639. The Morgan fingerprint density at radius 2 is 1.83 bits per heavy atom. The fraction of sp³-hybridized carbons (Fsp3) is 0.250. The van der Waals surface area contributed by atoms with Gasteiger partial charge in [-0.2, -0.15) is 0 Å². The van der Waals surface area contributed by atoms with Crippen molar-refractivity contribution in [3.8, 4) is 0 Å². The lowest BCUT2D eigenvalue weighted by molar-refractivity contribution is -0.135. The second kappa shape index (κ2) is 6.51. The predicted octanol–water partition coefficient (Wildman–Crippen LogP) is 0.502. The minimum atomic E-state index is -1.04. The third-order valence-electron chi connectivity index (χ3n) is 2.14. The maximum atomic E-state index is 11.5. The van der Waals surface area contributed by atoms with Crippen molar-refractivity contribution >= 4 is 23.3 Å². The van der Waals surface area contributed by atoms with Crippen molar-refractivity contribution in [3.05, 3.63) is 29.8 Å². The zero-order chi connectivity index (χ0) is 13.5. The van der Waals surface area contributed by atoms with Crippen LogP contribution in [0.15, 0.2) is 24.3 Å². The molecule has 0 aliphatic heterocycles. The largest absolute Gasteiger partial charge is 0.480 e. The van der Waals surface area contributed by atoms with Crippen molar-refractivity contribution in [2.75, 3.05) is 18.4 Å². The molecule has 1 aromatic rings. The second-order valence-corrected chi connectivity index (χ2v) is 3.65. The van der Waals surface area contributed by atoms with Crippen LogP contribution < -0.4 is 10.6 Å².